The van der Waals surface area contributed by atoms with Gasteiger partial charge in [-0.25, -0.2) is 19.9 Å². The number of benzene rings is 1. The number of carbonyl (C=O) groups is 1. The van der Waals surface area contributed by atoms with Crippen LogP contribution in [0.3, 0.4) is 0 Å². The van der Waals surface area contributed by atoms with Crippen molar-refractivity contribution >= 4 is 28.6 Å². The zero-order valence-electron chi connectivity index (χ0n) is 17.1. The fraction of sp³-hybridized carbons (Fsp3) is 0.261. The first kappa shape index (κ1) is 18.4. The summed E-state index contributed by atoms with van der Waals surface area (Å²) in [6.07, 6.45) is 4.25. The smallest absolute Gasteiger partial charge is 0.230 e. The number of carbonyl (C=O) groups excluding carboxylic acids is 1. The Morgan fingerprint density at radius 2 is 1.93 bits per heavy atom. The summed E-state index contributed by atoms with van der Waals surface area (Å²) in [5, 5.41) is 4.15. The summed E-state index contributed by atoms with van der Waals surface area (Å²) in [6.45, 7) is 6.08. The number of aryl methyl sites for hydroxylation is 3. The summed E-state index contributed by atoms with van der Waals surface area (Å²) in [5.41, 5.74) is 5.36. The van der Waals surface area contributed by atoms with Crippen LogP contribution in [-0.4, -0.2) is 25.7 Å². The molecule has 7 nitrogen and oxygen atoms in total. The van der Waals surface area contributed by atoms with Crippen LogP contribution in [0.4, 0.5) is 11.9 Å². The van der Waals surface area contributed by atoms with E-state index in [1.807, 2.05) is 26.0 Å². The monoisotopic (exact) mass is 399 g/mol. The molecule has 0 aliphatic heterocycles. The van der Waals surface area contributed by atoms with Gasteiger partial charge in [0.1, 0.15) is 5.76 Å². The standard InChI is InChI=1S/C23H21N5O2/c1-12-7-13(2)21-16(8-12)14(3)25-23(27-21)28-22-24-11-17-18(26-22)9-15(10-19(17)29)20-5-4-6-30-20/h4-8,11,15H,9-10H2,1-3H3,(H,24,25,26,27,28)/t15-/m0/s1. The summed E-state index contributed by atoms with van der Waals surface area (Å²) in [4.78, 5) is 30.7. The molecule has 0 fully saturated rings. The Morgan fingerprint density at radius 1 is 1.07 bits per heavy atom. The zero-order valence-corrected chi connectivity index (χ0v) is 17.1. The van der Waals surface area contributed by atoms with Crippen LogP contribution in [0.15, 0.2) is 41.1 Å². The number of furan rings is 1. The third kappa shape index (κ3) is 3.22. The second-order valence-electron chi connectivity index (χ2n) is 7.83. The molecule has 1 aliphatic rings. The van der Waals surface area contributed by atoms with Gasteiger partial charge in [-0.1, -0.05) is 11.6 Å². The Balaban J connectivity index is 1.48. The summed E-state index contributed by atoms with van der Waals surface area (Å²) in [5.74, 6) is 1.66. The van der Waals surface area contributed by atoms with Gasteiger partial charge < -0.3 is 4.42 Å². The minimum absolute atomic E-state index is 0.00666. The summed E-state index contributed by atoms with van der Waals surface area (Å²) in [7, 11) is 0. The largest absolute Gasteiger partial charge is 0.469 e. The fourth-order valence-electron chi connectivity index (χ4n) is 4.12. The van der Waals surface area contributed by atoms with Crippen molar-refractivity contribution in [3.8, 4) is 0 Å². The molecule has 1 aliphatic carbocycles. The Kier molecular flexibility index (Phi) is 4.31. The maximum Gasteiger partial charge on any atom is 0.230 e. The van der Waals surface area contributed by atoms with Gasteiger partial charge in [0, 0.05) is 30.3 Å². The molecule has 3 heterocycles. The fourth-order valence-corrected chi connectivity index (χ4v) is 4.12. The lowest BCUT2D eigenvalue weighted by atomic mass is 9.85. The van der Waals surface area contributed by atoms with Crippen molar-refractivity contribution in [2.75, 3.05) is 5.32 Å². The highest BCUT2D eigenvalue weighted by Crippen LogP contribution is 2.32. The molecule has 3 aromatic heterocycles. The minimum atomic E-state index is -0.00666. The van der Waals surface area contributed by atoms with E-state index in [4.69, 9.17) is 4.42 Å². The number of rotatable bonds is 3. The number of hydrogen-bond acceptors (Lipinski definition) is 7. The molecule has 5 rings (SSSR count). The van der Waals surface area contributed by atoms with E-state index in [1.54, 1.807) is 12.5 Å². The molecule has 0 amide bonds. The molecule has 30 heavy (non-hydrogen) atoms. The Morgan fingerprint density at radius 3 is 2.73 bits per heavy atom. The highest BCUT2D eigenvalue weighted by Gasteiger charge is 2.29. The lowest BCUT2D eigenvalue weighted by Crippen LogP contribution is -2.21. The lowest BCUT2D eigenvalue weighted by Gasteiger charge is -2.21. The van der Waals surface area contributed by atoms with E-state index < -0.39 is 0 Å². The highest BCUT2D eigenvalue weighted by atomic mass is 16.3. The summed E-state index contributed by atoms with van der Waals surface area (Å²) in [6, 6.07) is 7.94. The number of nitrogens with one attached hydrogen (secondary N) is 1. The molecule has 0 unspecified atom stereocenters. The van der Waals surface area contributed by atoms with Gasteiger partial charge in [0.25, 0.3) is 0 Å². The molecule has 1 N–H and O–H groups in total. The van der Waals surface area contributed by atoms with Crippen LogP contribution in [0.5, 0.6) is 0 Å². The summed E-state index contributed by atoms with van der Waals surface area (Å²) >= 11 is 0. The average Bonchev–Trinajstić information content (AvgIpc) is 3.24. The maximum absolute atomic E-state index is 12.6. The van der Waals surface area contributed by atoms with Gasteiger partial charge in [-0.2, -0.15) is 0 Å². The number of aromatic nitrogens is 4. The molecule has 0 spiro atoms. The van der Waals surface area contributed by atoms with Crippen molar-refractivity contribution < 1.29 is 9.21 Å². The van der Waals surface area contributed by atoms with Crippen LogP contribution < -0.4 is 5.32 Å². The SMILES string of the molecule is Cc1cc(C)c2nc(Nc3ncc4c(n3)C[C@H](c3ccco3)CC4=O)nc(C)c2c1. The number of nitrogens with zero attached hydrogens (tertiary/aromatic N) is 4. The van der Waals surface area contributed by atoms with Gasteiger partial charge >= 0.3 is 0 Å². The first-order chi connectivity index (χ1) is 14.5. The van der Waals surface area contributed by atoms with Crippen molar-refractivity contribution in [1.82, 2.24) is 19.9 Å². The molecule has 4 aromatic rings. The molecule has 150 valence electrons. The first-order valence-electron chi connectivity index (χ1n) is 9.93. The van der Waals surface area contributed by atoms with E-state index >= 15 is 0 Å². The zero-order chi connectivity index (χ0) is 20.8. The van der Waals surface area contributed by atoms with Crippen LogP contribution in [0.25, 0.3) is 10.9 Å². The van der Waals surface area contributed by atoms with Crippen LogP contribution in [0.1, 0.15) is 51.0 Å². The van der Waals surface area contributed by atoms with Crippen LogP contribution in [0.2, 0.25) is 0 Å². The Bertz CT molecular complexity index is 1280. The summed E-state index contributed by atoms with van der Waals surface area (Å²) < 4.78 is 5.50. The van der Waals surface area contributed by atoms with Gasteiger partial charge in [0.05, 0.1) is 28.7 Å². The van der Waals surface area contributed by atoms with Crippen LogP contribution in [0, 0.1) is 20.8 Å². The van der Waals surface area contributed by atoms with Crippen molar-refractivity contribution in [2.24, 2.45) is 0 Å². The van der Waals surface area contributed by atoms with E-state index in [9.17, 15) is 4.79 Å². The third-order valence-corrected chi connectivity index (χ3v) is 5.53. The lowest BCUT2D eigenvalue weighted by molar-refractivity contribution is 0.0958. The van der Waals surface area contributed by atoms with Gasteiger partial charge in [-0.3, -0.25) is 10.1 Å². The van der Waals surface area contributed by atoms with E-state index in [-0.39, 0.29) is 11.7 Å². The van der Waals surface area contributed by atoms with Crippen LogP contribution >= 0.6 is 0 Å². The predicted octanol–water partition coefficient (Wildman–Crippen LogP) is 4.59. The maximum atomic E-state index is 12.6. The number of hydrogen-bond donors (Lipinski definition) is 1. The van der Waals surface area contributed by atoms with E-state index in [2.05, 4.69) is 44.3 Å². The van der Waals surface area contributed by atoms with Crippen molar-refractivity contribution in [2.45, 2.75) is 39.5 Å². The minimum Gasteiger partial charge on any atom is -0.469 e. The van der Waals surface area contributed by atoms with Gasteiger partial charge in [-0.05, 0) is 44.5 Å². The normalized spacial score (nSPS) is 16.0. The molecule has 1 atom stereocenters. The molecule has 0 saturated heterocycles. The Labute approximate surface area is 173 Å². The van der Waals surface area contributed by atoms with E-state index in [1.165, 1.54) is 5.56 Å². The number of anilines is 2. The molecule has 0 bridgehead atoms. The number of ketones is 1. The second kappa shape index (κ2) is 7.02. The molecule has 7 heteroatoms. The second-order valence-corrected chi connectivity index (χ2v) is 7.83. The Hall–Kier alpha value is -3.61. The first-order valence-corrected chi connectivity index (χ1v) is 9.93. The molecule has 0 saturated carbocycles. The quantitative estimate of drug-likeness (QED) is 0.538. The van der Waals surface area contributed by atoms with Crippen molar-refractivity contribution in [3.05, 3.63) is 70.6 Å². The van der Waals surface area contributed by atoms with Crippen molar-refractivity contribution in [3.63, 3.8) is 0 Å². The van der Waals surface area contributed by atoms with Gasteiger partial charge in [0.2, 0.25) is 11.9 Å². The van der Waals surface area contributed by atoms with E-state index in [0.717, 1.165) is 33.6 Å². The number of Topliss-reactive ketones (excluding diaryl/α,β-unsaturated/α-hetero) is 1. The van der Waals surface area contributed by atoms with E-state index in [0.29, 0.717) is 30.3 Å². The molecular weight excluding hydrogens is 378 g/mol. The number of fused-ring (bicyclic) bond motifs is 2. The topological polar surface area (TPSA) is 93.8 Å². The highest BCUT2D eigenvalue weighted by molar-refractivity contribution is 5.98. The van der Waals surface area contributed by atoms with Crippen LogP contribution in [-0.2, 0) is 6.42 Å². The molecular formula is C23H21N5O2. The predicted molar refractivity (Wildman–Crippen MR) is 113 cm³/mol. The average molecular weight is 399 g/mol. The van der Waals surface area contributed by atoms with Gasteiger partial charge in [0.15, 0.2) is 5.78 Å². The van der Waals surface area contributed by atoms with Crippen molar-refractivity contribution in [1.29, 1.82) is 0 Å². The third-order valence-electron chi connectivity index (χ3n) is 5.53. The molecule has 0 radical (unpaired) electrons. The van der Waals surface area contributed by atoms with Gasteiger partial charge in [-0.15, -0.1) is 0 Å². The molecule has 1 aromatic carbocycles.